The Kier molecular flexibility index (Phi) is 3.64. The second kappa shape index (κ2) is 5.62. The molecule has 0 spiro atoms. The van der Waals surface area contributed by atoms with Crippen molar-refractivity contribution < 1.29 is 4.21 Å². The summed E-state index contributed by atoms with van der Waals surface area (Å²) in [6, 6.07) is 15.4. The third-order valence-electron chi connectivity index (χ3n) is 4.46. The van der Waals surface area contributed by atoms with Gasteiger partial charge in [-0.15, -0.1) is 11.8 Å². The van der Waals surface area contributed by atoms with Crippen LogP contribution in [0.4, 0.5) is 0 Å². The number of rotatable bonds is 1. The van der Waals surface area contributed by atoms with Crippen molar-refractivity contribution >= 4 is 22.6 Å². The quantitative estimate of drug-likeness (QED) is 0.786. The summed E-state index contributed by atoms with van der Waals surface area (Å²) in [5, 5.41) is 0. The zero-order valence-corrected chi connectivity index (χ0v) is 13.5. The molecule has 0 fully saturated rings. The molecule has 2 aromatic rings. The lowest BCUT2D eigenvalue weighted by molar-refractivity contribution is 0.672. The fourth-order valence-electron chi connectivity index (χ4n) is 3.29. The zero-order chi connectivity index (χ0) is 14.2. The van der Waals surface area contributed by atoms with E-state index >= 15 is 0 Å². The van der Waals surface area contributed by atoms with Gasteiger partial charge in [0.25, 0.3) is 0 Å². The van der Waals surface area contributed by atoms with E-state index in [4.69, 9.17) is 0 Å². The predicted octanol–water partition coefficient (Wildman–Crippen LogP) is 4.17. The highest BCUT2D eigenvalue weighted by Gasteiger charge is 2.23. The van der Waals surface area contributed by atoms with Gasteiger partial charge in [0.05, 0.1) is 10.8 Å². The smallest absolute Gasteiger partial charge is 0.0532 e. The SMILES string of the molecule is O=S1CCCc2ccc(C3CSc4ccccc4C3)cc21. The summed E-state index contributed by atoms with van der Waals surface area (Å²) in [5.41, 5.74) is 4.12. The summed E-state index contributed by atoms with van der Waals surface area (Å²) in [7, 11) is -0.782. The van der Waals surface area contributed by atoms with Gasteiger partial charge in [0.1, 0.15) is 0 Å². The third kappa shape index (κ3) is 2.58. The van der Waals surface area contributed by atoms with Gasteiger partial charge in [-0.25, -0.2) is 0 Å². The van der Waals surface area contributed by atoms with E-state index in [-0.39, 0.29) is 0 Å². The Morgan fingerprint density at radius 1 is 1.10 bits per heavy atom. The van der Waals surface area contributed by atoms with Crippen LogP contribution in [0.15, 0.2) is 52.3 Å². The monoisotopic (exact) mass is 314 g/mol. The van der Waals surface area contributed by atoms with Crippen molar-refractivity contribution in [1.82, 2.24) is 0 Å². The molecule has 0 aromatic heterocycles. The van der Waals surface area contributed by atoms with E-state index in [0.29, 0.717) is 5.92 Å². The normalized spacial score (nSPS) is 24.2. The van der Waals surface area contributed by atoms with Crippen LogP contribution in [0.2, 0.25) is 0 Å². The van der Waals surface area contributed by atoms with E-state index in [1.54, 1.807) is 0 Å². The molecule has 108 valence electrons. The highest BCUT2D eigenvalue weighted by molar-refractivity contribution is 7.99. The molecule has 0 amide bonds. The number of hydrogen-bond donors (Lipinski definition) is 0. The van der Waals surface area contributed by atoms with Crippen LogP contribution in [-0.4, -0.2) is 15.7 Å². The molecule has 4 rings (SSSR count). The number of fused-ring (bicyclic) bond motifs is 2. The van der Waals surface area contributed by atoms with E-state index in [1.165, 1.54) is 21.6 Å². The van der Waals surface area contributed by atoms with Gasteiger partial charge in [-0.05, 0) is 54.0 Å². The molecule has 2 aliphatic heterocycles. The average molecular weight is 314 g/mol. The minimum absolute atomic E-state index is 0.550. The van der Waals surface area contributed by atoms with Crippen LogP contribution >= 0.6 is 11.8 Å². The first-order valence-corrected chi connectivity index (χ1v) is 9.83. The lowest BCUT2D eigenvalue weighted by Crippen LogP contribution is -2.14. The van der Waals surface area contributed by atoms with Gasteiger partial charge in [-0.3, -0.25) is 4.21 Å². The van der Waals surface area contributed by atoms with Crippen molar-refractivity contribution in [2.24, 2.45) is 0 Å². The Bertz CT molecular complexity index is 708. The molecule has 0 N–H and O–H groups in total. The Hall–Kier alpha value is -1.06. The Labute approximate surface area is 132 Å². The van der Waals surface area contributed by atoms with Gasteiger partial charge in [0, 0.05) is 21.3 Å². The van der Waals surface area contributed by atoms with Crippen LogP contribution in [-0.2, 0) is 23.6 Å². The zero-order valence-electron chi connectivity index (χ0n) is 11.9. The molecule has 0 saturated carbocycles. The molecule has 0 radical (unpaired) electrons. The van der Waals surface area contributed by atoms with Gasteiger partial charge < -0.3 is 0 Å². The van der Waals surface area contributed by atoms with Crippen molar-refractivity contribution in [1.29, 1.82) is 0 Å². The van der Waals surface area contributed by atoms with E-state index in [1.807, 2.05) is 11.8 Å². The minimum Gasteiger partial charge on any atom is -0.254 e. The summed E-state index contributed by atoms with van der Waals surface area (Å²) < 4.78 is 12.2. The molecular formula is C18H18OS2. The minimum atomic E-state index is -0.782. The van der Waals surface area contributed by atoms with Crippen molar-refractivity contribution in [3.05, 3.63) is 59.2 Å². The first-order chi connectivity index (χ1) is 10.3. The molecule has 0 saturated heterocycles. The summed E-state index contributed by atoms with van der Waals surface area (Å²) in [5.74, 6) is 2.51. The maximum absolute atomic E-state index is 12.2. The fraction of sp³-hybridized carbons (Fsp3) is 0.333. The maximum atomic E-state index is 12.2. The number of thioether (sulfide) groups is 1. The Morgan fingerprint density at radius 3 is 2.95 bits per heavy atom. The third-order valence-corrected chi connectivity index (χ3v) is 7.27. The molecule has 2 atom stereocenters. The molecule has 3 heteroatoms. The van der Waals surface area contributed by atoms with E-state index < -0.39 is 10.8 Å². The lowest BCUT2D eigenvalue weighted by Gasteiger charge is -2.26. The lowest BCUT2D eigenvalue weighted by atomic mass is 9.92. The fourth-order valence-corrected chi connectivity index (χ4v) is 5.85. The second-order valence-corrected chi connectivity index (χ2v) is 8.44. The molecule has 2 heterocycles. The Morgan fingerprint density at radius 2 is 2.00 bits per heavy atom. The van der Waals surface area contributed by atoms with E-state index in [0.717, 1.165) is 35.7 Å². The van der Waals surface area contributed by atoms with Gasteiger partial charge in [-0.2, -0.15) is 0 Å². The summed E-state index contributed by atoms with van der Waals surface area (Å²) in [6.07, 6.45) is 3.25. The summed E-state index contributed by atoms with van der Waals surface area (Å²) >= 11 is 1.95. The van der Waals surface area contributed by atoms with Gasteiger partial charge in [0.15, 0.2) is 0 Å². The predicted molar refractivity (Wildman–Crippen MR) is 89.6 cm³/mol. The summed E-state index contributed by atoms with van der Waals surface area (Å²) in [6.45, 7) is 0. The number of hydrogen-bond acceptors (Lipinski definition) is 2. The Balaban J connectivity index is 1.66. The highest BCUT2D eigenvalue weighted by Crippen LogP contribution is 2.38. The highest BCUT2D eigenvalue weighted by atomic mass is 32.2. The van der Waals surface area contributed by atoms with Crippen molar-refractivity contribution in [3.63, 3.8) is 0 Å². The average Bonchev–Trinajstić information content (AvgIpc) is 2.54. The first-order valence-electron chi connectivity index (χ1n) is 7.53. The molecule has 21 heavy (non-hydrogen) atoms. The molecule has 1 nitrogen and oxygen atoms in total. The van der Waals surface area contributed by atoms with Crippen LogP contribution in [0.1, 0.15) is 29.0 Å². The standard InChI is InChI=1S/C18H18OS2/c19-21-9-3-5-13-7-8-14(11-18(13)21)16-10-15-4-1-2-6-17(15)20-12-16/h1-2,4,6-8,11,16H,3,5,9-10,12H2. The molecular weight excluding hydrogens is 296 g/mol. The van der Waals surface area contributed by atoms with Crippen molar-refractivity contribution in [2.75, 3.05) is 11.5 Å². The number of aryl methyl sites for hydroxylation is 1. The van der Waals surface area contributed by atoms with Crippen LogP contribution in [0.25, 0.3) is 0 Å². The van der Waals surface area contributed by atoms with Crippen LogP contribution in [0, 0.1) is 0 Å². The molecule has 2 aromatic carbocycles. The molecule has 2 unspecified atom stereocenters. The van der Waals surface area contributed by atoms with Crippen LogP contribution in [0.5, 0.6) is 0 Å². The topological polar surface area (TPSA) is 17.1 Å². The maximum Gasteiger partial charge on any atom is 0.0532 e. The van der Waals surface area contributed by atoms with Gasteiger partial charge in [-0.1, -0.05) is 30.3 Å². The molecule has 0 bridgehead atoms. The van der Waals surface area contributed by atoms with Crippen molar-refractivity contribution in [2.45, 2.75) is 35.0 Å². The molecule has 2 aliphatic rings. The van der Waals surface area contributed by atoms with Crippen LogP contribution < -0.4 is 0 Å². The van der Waals surface area contributed by atoms with Gasteiger partial charge in [0.2, 0.25) is 0 Å². The molecule has 0 aliphatic carbocycles. The van der Waals surface area contributed by atoms with E-state index in [9.17, 15) is 4.21 Å². The summed E-state index contributed by atoms with van der Waals surface area (Å²) in [4.78, 5) is 2.53. The van der Waals surface area contributed by atoms with Crippen LogP contribution in [0.3, 0.4) is 0 Å². The van der Waals surface area contributed by atoms with Gasteiger partial charge >= 0.3 is 0 Å². The van der Waals surface area contributed by atoms with E-state index in [2.05, 4.69) is 42.5 Å². The number of benzene rings is 2. The first kappa shape index (κ1) is 13.6. The second-order valence-electron chi connectivity index (χ2n) is 5.84. The van der Waals surface area contributed by atoms with Crippen molar-refractivity contribution in [3.8, 4) is 0 Å². The largest absolute Gasteiger partial charge is 0.254 e.